The van der Waals surface area contributed by atoms with E-state index in [0.717, 1.165) is 12.8 Å². The molecule has 0 bridgehead atoms. The Balaban J connectivity index is 1.79. The molecule has 12 nitrogen and oxygen atoms in total. The molecule has 2 heterocycles. The summed E-state index contributed by atoms with van der Waals surface area (Å²) in [6.07, 6.45) is 3.66. The highest BCUT2D eigenvalue weighted by atomic mass is 31.2. The van der Waals surface area contributed by atoms with Crippen molar-refractivity contribution < 1.29 is 28.2 Å². The van der Waals surface area contributed by atoms with Gasteiger partial charge in [-0.05, 0) is 46.5 Å². The molecule has 0 radical (unpaired) electrons. The molecule has 0 amide bonds. The van der Waals surface area contributed by atoms with Crippen LogP contribution in [0.25, 0.3) is 11.2 Å². The predicted molar refractivity (Wildman–Crippen MR) is 143 cm³/mol. The van der Waals surface area contributed by atoms with Gasteiger partial charge in [0.25, 0.3) is 7.52 Å². The molecule has 212 valence electrons. The molecule has 1 unspecified atom stereocenters. The van der Waals surface area contributed by atoms with Crippen LogP contribution in [0.1, 0.15) is 73.6 Å². The third kappa shape index (κ3) is 7.59. The number of carbonyl (C=O) groups is 2. The summed E-state index contributed by atoms with van der Waals surface area (Å²) in [4.78, 5) is 38.3. The number of ketones is 1. The first-order valence-corrected chi connectivity index (χ1v) is 15.0. The molecule has 0 aromatic carbocycles. The first kappa shape index (κ1) is 30.1. The van der Waals surface area contributed by atoms with Crippen molar-refractivity contribution in [2.75, 3.05) is 12.1 Å². The van der Waals surface area contributed by atoms with Gasteiger partial charge in [-0.1, -0.05) is 26.7 Å². The molecule has 13 heteroatoms. The van der Waals surface area contributed by atoms with Crippen LogP contribution >= 0.6 is 7.52 Å². The minimum atomic E-state index is -3.85. The summed E-state index contributed by atoms with van der Waals surface area (Å²) in [6.45, 7) is 11.1. The van der Waals surface area contributed by atoms with Crippen molar-refractivity contribution >= 4 is 36.3 Å². The summed E-state index contributed by atoms with van der Waals surface area (Å²) in [5, 5.41) is 3.03. The minimum Gasteiger partial charge on any atom is -0.462 e. The van der Waals surface area contributed by atoms with Crippen molar-refractivity contribution in [3.05, 3.63) is 12.7 Å². The van der Waals surface area contributed by atoms with Gasteiger partial charge in [0.1, 0.15) is 29.8 Å². The van der Waals surface area contributed by atoms with E-state index in [1.165, 1.54) is 6.33 Å². The van der Waals surface area contributed by atoms with Crippen LogP contribution in [0.2, 0.25) is 0 Å². The Hall–Kier alpha value is -2.40. The van der Waals surface area contributed by atoms with Gasteiger partial charge in [0.15, 0.2) is 17.2 Å². The van der Waals surface area contributed by atoms with Crippen LogP contribution in [-0.4, -0.2) is 61.5 Å². The second-order valence-corrected chi connectivity index (χ2v) is 12.8. The fourth-order valence-electron chi connectivity index (χ4n) is 4.55. The fourth-order valence-corrected chi connectivity index (χ4v) is 6.78. The second kappa shape index (κ2) is 12.6. The number of ether oxygens (including phenoxy) is 2. The molecule has 38 heavy (non-hydrogen) atoms. The van der Waals surface area contributed by atoms with E-state index in [0.29, 0.717) is 30.6 Å². The number of nitrogens with two attached hydrogens (primary N) is 1. The minimum absolute atomic E-state index is 0.127. The van der Waals surface area contributed by atoms with E-state index in [-0.39, 0.29) is 36.4 Å². The van der Waals surface area contributed by atoms with Gasteiger partial charge >= 0.3 is 5.97 Å². The van der Waals surface area contributed by atoms with Crippen molar-refractivity contribution in [3.63, 3.8) is 0 Å². The van der Waals surface area contributed by atoms with Gasteiger partial charge in [0.2, 0.25) is 0 Å². The van der Waals surface area contributed by atoms with Gasteiger partial charge in [0, 0.05) is 6.42 Å². The zero-order valence-corrected chi connectivity index (χ0v) is 24.1. The lowest BCUT2D eigenvalue weighted by Crippen LogP contribution is -2.51. The maximum Gasteiger partial charge on any atom is 0.327 e. The number of hydrogen-bond acceptors (Lipinski definition) is 10. The van der Waals surface area contributed by atoms with E-state index >= 15 is 0 Å². The summed E-state index contributed by atoms with van der Waals surface area (Å²) in [5.74, 6) is -0.227. The number of anilines is 1. The van der Waals surface area contributed by atoms with E-state index in [1.807, 2.05) is 20.8 Å². The maximum absolute atomic E-state index is 14.3. The molecule has 1 aliphatic rings. The van der Waals surface area contributed by atoms with Gasteiger partial charge in [-0.15, -0.1) is 0 Å². The Bertz CT molecular complexity index is 1160. The molecule has 2 aromatic heterocycles. The Morgan fingerprint density at radius 3 is 2.45 bits per heavy atom. The highest BCUT2D eigenvalue weighted by molar-refractivity contribution is 7.56. The molecule has 0 saturated heterocycles. The number of hydrogen-bond donors (Lipinski definition) is 2. The Morgan fingerprint density at radius 2 is 1.82 bits per heavy atom. The molecular formula is C25H41N6O6P. The maximum atomic E-state index is 14.3. The van der Waals surface area contributed by atoms with Crippen LogP contribution in [0.5, 0.6) is 0 Å². The zero-order valence-electron chi connectivity index (χ0n) is 23.2. The van der Waals surface area contributed by atoms with Crippen molar-refractivity contribution in [1.29, 1.82) is 0 Å². The van der Waals surface area contributed by atoms with Crippen LogP contribution in [-0.2, 0) is 34.7 Å². The highest BCUT2D eigenvalue weighted by Gasteiger charge is 2.48. The zero-order chi connectivity index (χ0) is 28.1. The predicted octanol–water partition coefficient (Wildman–Crippen LogP) is 3.84. The number of carbonyl (C=O) groups excluding carboxylic acids is 2. The van der Waals surface area contributed by atoms with Gasteiger partial charge in [-0.2, -0.15) is 0 Å². The number of Topliss-reactive ketones (excluding diaryl/α,β-unsaturated/α-hetero) is 1. The Kier molecular flexibility index (Phi) is 10.0. The molecule has 3 rings (SSSR count). The summed E-state index contributed by atoms with van der Waals surface area (Å²) >= 11 is 0. The lowest BCUT2D eigenvalue weighted by atomic mass is 10.00. The number of nitrogens with one attached hydrogen (secondary N) is 1. The summed E-state index contributed by atoms with van der Waals surface area (Å²) in [7, 11) is -3.85. The molecule has 0 aliphatic heterocycles. The number of aromatic nitrogens is 4. The molecule has 3 atom stereocenters. The largest absolute Gasteiger partial charge is 0.462 e. The van der Waals surface area contributed by atoms with Crippen LogP contribution in [0, 0.1) is 5.92 Å². The average Bonchev–Trinajstić information content (AvgIpc) is 3.46. The van der Waals surface area contributed by atoms with Crippen LogP contribution in [0.15, 0.2) is 12.7 Å². The number of nitrogen functional groups attached to an aromatic ring is 1. The molecule has 1 fully saturated rings. The molecule has 2 aromatic rings. The third-order valence-electron chi connectivity index (χ3n) is 6.38. The van der Waals surface area contributed by atoms with Crippen LogP contribution in [0.3, 0.4) is 0 Å². The molecular weight excluding hydrogens is 511 g/mol. The van der Waals surface area contributed by atoms with Gasteiger partial charge in [-0.25, -0.2) is 20.0 Å². The second-order valence-electron chi connectivity index (χ2n) is 10.8. The highest BCUT2D eigenvalue weighted by Crippen LogP contribution is 2.50. The monoisotopic (exact) mass is 552 g/mol. The normalized spacial score (nSPS) is 18.5. The first-order valence-electron chi connectivity index (χ1n) is 13.2. The summed E-state index contributed by atoms with van der Waals surface area (Å²) in [6, 6.07) is 0. The van der Waals surface area contributed by atoms with Gasteiger partial charge in [-0.3, -0.25) is 14.2 Å². The number of imidazole rings is 1. The molecule has 1 aliphatic carbocycles. The van der Waals surface area contributed by atoms with E-state index in [9.17, 15) is 14.2 Å². The van der Waals surface area contributed by atoms with E-state index < -0.39 is 31.2 Å². The fraction of sp³-hybridized carbons (Fsp3) is 0.720. The Labute approximate surface area is 223 Å². The lowest BCUT2D eigenvalue weighted by Gasteiger charge is -2.34. The first-order chi connectivity index (χ1) is 17.8. The van der Waals surface area contributed by atoms with E-state index in [1.54, 1.807) is 31.7 Å². The van der Waals surface area contributed by atoms with Crippen LogP contribution < -0.4 is 10.8 Å². The average molecular weight is 553 g/mol. The van der Waals surface area contributed by atoms with E-state index in [4.69, 9.17) is 19.7 Å². The number of fused-ring (bicyclic) bond motifs is 1. The molecule has 1 saturated carbocycles. The van der Waals surface area contributed by atoms with Gasteiger partial charge < -0.3 is 24.3 Å². The lowest BCUT2D eigenvalue weighted by molar-refractivity contribution is -0.154. The van der Waals surface area contributed by atoms with Crippen molar-refractivity contribution in [1.82, 2.24) is 24.6 Å². The van der Waals surface area contributed by atoms with Crippen molar-refractivity contribution in [3.8, 4) is 0 Å². The van der Waals surface area contributed by atoms with Gasteiger partial charge in [0.05, 0.1) is 25.1 Å². The number of nitrogens with zero attached hydrogens (tertiary/aromatic N) is 4. The molecule has 3 N–H and O–H groups in total. The quantitative estimate of drug-likeness (QED) is 0.259. The topological polar surface area (TPSA) is 161 Å². The van der Waals surface area contributed by atoms with Crippen LogP contribution in [0.4, 0.5) is 5.82 Å². The van der Waals surface area contributed by atoms with Crippen molar-refractivity contribution in [2.24, 2.45) is 5.92 Å². The third-order valence-corrected chi connectivity index (χ3v) is 8.29. The Morgan fingerprint density at radius 1 is 1.13 bits per heavy atom. The SMILES string of the molecule is CC(C)CC(=O)[C@H](C)OP(=O)(CO[C@H](C)Cn1cnc2c(N)ncnc21)NC1(C(=O)OC(C)C)CCCC1. The number of esters is 1. The standard InChI is InChI=1S/C25H41N6O6P/c1-16(2)11-20(32)19(6)37-38(34,30-25(9-7-8-10-25)24(33)36-17(3)4)15-35-18(5)12-31-14-29-21-22(26)27-13-28-23(21)31/h13-14,16-19H,7-12,15H2,1-6H3,(H,30,34)(H2,26,27,28)/t18-,19+,38?/m1/s1. The summed E-state index contributed by atoms with van der Waals surface area (Å²) in [5.41, 5.74) is 5.75. The van der Waals surface area contributed by atoms with Crippen molar-refractivity contribution in [2.45, 2.75) is 104 Å². The smallest absolute Gasteiger partial charge is 0.327 e. The molecule has 0 spiro atoms. The number of rotatable bonds is 14. The van der Waals surface area contributed by atoms with E-state index in [2.05, 4.69) is 20.0 Å². The summed E-state index contributed by atoms with van der Waals surface area (Å²) < 4.78 is 33.5.